The second-order valence-electron chi connectivity index (χ2n) is 4.51. The summed E-state index contributed by atoms with van der Waals surface area (Å²) in [5.41, 5.74) is 2.67. The second-order valence-corrected chi connectivity index (χ2v) is 6.55. The van der Waals surface area contributed by atoms with Crippen molar-refractivity contribution in [2.75, 3.05) is 5.75 Å². The molecule has 3 heteroatoms. The van der Waals surface area contributed by atoms with Crippen molar-refractivity contribution in [2.45, 2.75) is 25.7 Å². The van der Waals surface area contributed by atoms with Crippen molar-refractivity contribution in [2.24, 2.45) is 0 Å². The van der Waals surface area contributed by atoms with E-state index >= 15 is 0 Å². The van der Waals surface area contributed by atoms with E-state index in [0.717, 1.165) is 16.7 Å². The molecule has 0 N–H and O–H groups in total. The van der Waals surface area contributed by atoms with Gasteiger partial charge in [-0.3, -0.25) is 0 Å². The number of aryl methyl sites for hydroxylation is 1. The number of hydrogen-bond acceptors (Lipinski definition) is 2. The number of hydrogen-bond donors (Lipinski definition) is 0. The molecule has 0 spiro atoms. The molecular formula is C16H18O2S. The van der Waals surface area contributed by atoms with E-state index in [2.05, 4.69) is 5.92 Å². The van der Waals surface area contributed by atoms with Gasteiger partial charge in [0.25, 0.3) is 0 Å². The Balaban J connectivity index is 2.90. The van der Waals surface area contributed by atoms with Crippen molar-refractivity contribution < 1.29 is 8.42 Å². The fourth-order valence-electron chi connectivity index (χ4n) is 1.53. The molecule has 0 atom stereocenters. The molecular weight excluding hydrogens is 256 g/mol. The SMILES string of the molecule is C#C/C(C)=C\C(C)=C/CS(=O)(=O)c1ccc(C)cc1. The molecule has 0 radical (unpaired) electrons. The third kappa shape index (κ3) is 4.76. The zero-order valence-corrected chi connectivity index (χ0v) is 12.3. The lowest BCUT2D eigenvalue weighted by molar-refractivity contribution is 0.599. The maximum absolute atomic E-state index is 12.1. The molecule has 0 aliphatic carbocycles. The van der Waals surface area contributed by atoms with E-state index in [9.17, 15) is 8.42 Å². The fourth-order valence-corrected chi connectivity index (χ4v) is 2.75. The lowest BCUT2D eigenvalue weighted by Gasteiger charge is -2.02. The van der Waals surface area contributed by atoms with Gasteiger partial charge in [-0.1, -0.05) is 35.3 Å². The first kappa shape index (κ1) is 15.3. The Bertz CT molecular complexity index is 639. The van der Waals surface area contributed by atoms with Crippen LogP contribution in [0.5, 0.6) is 0 Å². The topological polar surface area (TPSA) is 34.1 Å². The van der Waals surface area contributed by atoms with Crippen LogP contribution in [0.2, 0.25) is 0 Å². The molecule has 0 heterocycles. The average Bonchev–Trinajstić information content (AvgIpc) is 2.37. The van der Waals surface area contributed by atoms with Crippen LogP contribution in [0, 0.1) is 19.3 Å². The van der Waals surface area contributed by atoms with E-state index in [-0.39, 0.29) is 5.75 Å². The first-order chi connectivity index (χ1) is 8.85. The highest BCUT2D eigenvalue weighted by Gasteiger charge is 2.11. The predicted octanol–water partition coefficient (Wildman–Crippen LogP) is 3.29. The Kier molecular flexibility index (Phi) is 5.14. The molecule has 0 unspecified atom stereocenters. The van der Waals surface area contributed by atoms with Crippen molar-refractivity contribution >= 4 is 9.84 Å². The Hall–Kier alpha value is -1.79. The Morgan fingerprint density at radius 2 is 1.84 bits per heavy atom. The summed E-state index contributed by atoms with van der Waals surface area (Å²) < 4.78 is 24.2. The van der Waals surface area contributed by atoms with E-state index in [1.165, 1.54) is 0 Å². The molecule has 0 amide bonds. The highest BCUT2D eigenvalue weighted by molar-refractivity contribution is 7.91. The molecule has 1 rings (SSSR count). The molecule has 19 heavy (non-hydrogen) atoms. The monoisotopic (exact) mass is 274 g/mol. The molecule has 0 saturated carbocycles. The first-order valence-corrected chi connectivity index (χ1v) is 7.61. The molecule has 0 aliphatic heterocycles. The summed E-state index contributed by atoms with van der Waals surface area (Å²) in [6.07, 6.45) is 8.72. The average molecular weight is 274 g/mol. The van der Waals surface area contributed by atoms with Crippen LogP contribution >= 0.6 is 0 Å². The standard InChI is InChI=1S/C16H18O2S/c1-5-13(2)12-15(4)10-11-19(17,18)16-8-6-14(3)7-9-16/h1,6-10,12H,11H2,2-4H3/b13-12-,15-10-. The molecule has 1 aromatic rings. The maximum atomic E-state index is 12.1. The van der Waals surface area contributed by atoms with Crippen LogP contribution < -0.4 is 0 Å². The Labute approximate surface area is 115 Å². The predicted molar refractivity (Wildman–Crippen MR) is 79.6 cm³/mol. The zero-order chi connectivity index (χ0) is 14.5. The van der Waals surface area contributed by atoms with Crippen LogP contribution in [0.15, 0.2) is 52.5 Å². The van der Waals surface area contributed by atoms with Crippen molar-refractivity contribution in [3.8, 4) is 12.3 Å². The number of benzene rings is 1. The van der Waals surface area contributed by atoms with E-state index in [1.54, 1.807) is 36.4 Å². The molecule has 0 aromatic heterocycles. The van der Waals surface area contributed by atoms with Gasteiger partial charge >= 0.3 is 0 Å². The molecule has 0 aliphatic rings. The van der Waals surface area contributed by atoms with Crippen molar-refractivity contribution in [1.82, 2.24) is 0 Å². The number of rotatable bonds is 4. The summed E-state index contributed by atoms with van der Waals surface area (Å²) >= 11 is 0. The van der Waals surface area contributed by atoms with Gasteiger partial charge in [0.1, 0.15) is 0 Å². The van der Waals surface area contributed by atoms with Crippen LogP contribution in [0.4, 0.5) is 0 Å². The van der Waals surface area contributed by atoms with Crippen LogP contribution in [0.3, 0.4) is 0 Å². The third-order valence-corrected chi connectivity index (χ3v) is 4.27. The highest BCUT2D eigenvalue weighted by Crippen LogP contribution is 2.13. The largest absolute Gasteiger partial charge is 0.223 e. The van der Waals surface area contributed by atoms with Crippen LogP contribution in [0.25, 0.3) is 0 Å². The molecule has 0 bridgehead atoms. The molecule has 0 fully saturated rings. The molecule has 100 valence electrons. The van der Waals surface area contributed by atoms with Gasteiger partial charge in [-0.15, -0.1) is 6.42 Å². The van der Waals surface area contributed by atoms with E-state index in [4.69, 9.17) is 6.42 Å². The lowest BCUT2D eigenvalue weighted by Crippen LogP contribution is -2.05. The minimum atomic E-state index is -3.27. The summed E-state index contributed by atoms with van der Waals surface area (Å²) in [4.78, 5) is 0.347. The zero-order valence-electron chi connectivity index (χ0n) is 11.5. The number of allylic oxidation sites excluding steroid dienone is 3. The van der Waals surface area contributed by atoms with Crippen LogP contribution in [-0.4, -0.2) is 14.2 Å². The van der Waals surface area contributed by atoms with Gasteiger partial charge in [0.05, 0.1) is 10.6 Å². The first-order valence-electron chi connectivity index (χ1n) is 5.96. The fraction of sp³-hybridized carbons (Fsp3) is 0.250. The molecule has 2 nitrogen and oxygen atoms in total. The van der Waals surface area contributed by atoms with E-state index < -0.39 is 9.84 Å². The smallest absolute Gasteiger partial charge is 0.181 e. The Morgan fingerprint density at radius 3 is 2.37 bits per heavy atom. The van der Waals surface area contributed by atoms with E-state index in [1.807, 2.05) is 20.8 Å². The number of sulfone groups is 1. The summed E-state index contributed by atoms with van der Waals surface area (Å²) in [5, 5.41) is 0. The summed E-state index contributed by atoms with van der Waals surface area (Å²) in [7, 11) is -3.27. The summed E-state index contributed by atoms with van der Waals surface area (Å²) in [6, 6.07) is 6.87. The minimum Gasteiger partial charge on any atom is -0.223 e. The minimum absolute atomic E-state index is 0.0176. The highest BCUT2D eigenvalue weighted by atomic mass is 32.2. The molecule has 1 aromatic carbocycles. The summed E-state index contributed by atoms with van der Waals surface area (Å²) in [5.74, 6) is 2.48. The third-order valence-electron chi connectivity index (χ3n) is 2.68. The quantitative estimate of drug-likeness (QED) is 0.623. The Morgan fingerprint density at radius 1 is 1.26 bits per heavy atom. The van der Waals surface area contributed by atoms with Gasteiger partial charge in [0, 0.05) is 0 Å². The van der Waals surface area contributed by atoms with Crippen molar-refractivity contribution in [3.05, 3.63) is 53.1 Å². The van der Waals surface area contributed by atoms with Crippen molar-refractivity contribution in [3.63, 3.8) is 0 Å². The normalized spacial score (nSPS) is 13.2. The van der Waals surface area contributed by atoms with Crippen molar-refractivity contribution in [1.29, 1.82) is 0 Å². The molecule has 0 saturated heterocycles. The van der Waals surface area contributed by atoms with Gasteiger partial charge in [-0.2, -0.15) is 0 Å². The van der Waals surface area contributed by atoms with Crippen LogP contribution in [0.1, 0.15) is 19.4 Å². The van der Waals surface area contributed by atoms with E-state index in [0.29, 0.717) is 4.90 Å². The summed E-state index contributed by atoms with van der Waals surface area (Å²) in [6.45, 7) is 5.57. The van der Waals surface area contributed by atoms with Gasteiger partial charge in [-0.05, 0) is 44.6 Å². The second kappa shape index (κ2) is 6.40. The van der Waals surface area contributed by atoms with Gasteiger partial charge < -0.3 is 0 Å². The van der Waals surface area contributed by atoms with Gasteiger partial charge in [-0.25, -0.2) is 8.42 Å². The van der Waals surface area contributed by atoms with Gasteiger partial charge in [0.2, 0.25) is 0 Å². The van der Waals surface area contributed by atoms with Crippen LogP contribution in [-0.2, 0) is 9.84 Å². The maximum Gasteiger partial charge on any atom is 0.181 e. The number of terminal acetylenes is 1. The van der Waals surface area contributed by atoms with Gasteiger partial charge in [0.15, 0.2) is 9.84 Å². The lowest BCUT2D eigenvalue weighted by atomic mass is 10.2.